The maximum absolute atomic E-state index is 14.4. The monoisotopic (exact) mass is 475 g/mol. The quantitative estimate of drug-likeness (QED) is 0.222. The normalized spacial score (nSPS) is 26.4. The lowest BCUT2D eigenvalue weighted by molar-refractivity contribution is 0.0859. The summed E-state index contributed by atoms with van der Waals surface area (Å²) in [6, 6.07) is 41.2. The summed E-state index contributed by atoms with van der Waals surface area (Å²) in [5.74, 6) is 0.716. The molecule has 2 saturated carbocycles. The van der Waals surface area contributed by atoms with Crippen molar-refractivity contribution < 1.29 is 4.79 Å². The molecule has 0 heterocycles. The fourth-order valence-electron chi connectivity index (χ4n) is 7.25. The number of Topliss-reactive ketones (excluding diaryl/α,β-unsaturated/α-hetero) is 1. The Morgan fingerprint density at radius 1 is 0.649 bits per heavy atom. The highest BCUT2D eigenvalue weighted by Gasteiger charge is 2.80. The highest BCUT2D eigenvalue weighted by molar-refractivity contribution is 6.07. The number of nitriles is 1. The molecule has 8 rings (SSSR count). The van der Waals surface area contributed by atoms with E-state index >= 15 is 0 Å². The van der Waals surface area contributed by atoms with Gasteiger partial charge in [0.05, 0.1) is 17.0 Å². The van der Waals surface area contributed by atoms with Crippen molar-refractivity contribution in [2.75, 3.05) is 0 Å². The Morgan fingerprint density at radius 3 is 1.73 bits per heavy atom. The molecule has 0 aliphatic heterocycles. The minimum absolute atomic E-state index is 0.0328. The number of carbonyl (C=O) groups excluding carboxylic acids is 1. The summed E-state index contributed by atoms with van der Waals surface area (Å²) in [4.78, 5) is 14.4. The van der Waals surface area contributed by atoms with Gasteiger partial charge in [0.2, 0.25) is 0 Å². The largest absolute Gasteiger partial charge is 0.293 e. The van der Waals surface area contributed by atoms with Gasteiger partial charge in [-0.05, 0) is 45.9 Å². The number of hydrogen-bond acceptors (Lipinski definition) is 2. The van der Waals surface area contributed by atoms with Crippen molar-refractivity contribution in [2.45, 2.75) is 5.92 Å². The summed E-state index contributed by atoms with van der Waals surface area (Å²) in [6.45, 7) is 0. The van der Waals surface area contributed by atoms with Gasteiger partial charge in [-0.25, -0.2) is 0 Å². The highest BCUT2D eigenvalue weighted by Crippen LogP contribution is 2.82. The van der Waals surface area contributed by atoms with E-state index in [1.165, 1.54) is 22.3 Å². The van der Waals surface area contributed by atoms with E-state index in [0.717, 1.165) is 11.1 Å². The van der Waals surface area contributed by atoms with Crippen molar-refractivity contribution in [3.05, 3.63) is 161 Å². The second kappa shape index (κ2) is 8.29. The van der Waals surface area contributed by atoms with Crippen molar-refractivity contribution in [3.8, 4) is 6.07 Å². The average molecular weight is 476 g/mol. The Morgan fingerprint density at radius 2 is 1.19 bits per heavy atom. The molecule has 4 aromatic carbocycles. The molecule has 4 aliphatic carbocycles. The topological polar surface area (TPSA) is 40.9 Å². The lowest BCUT2D eigenvalue weighted by Gasteiger charge is -2.33. The van der Waals surface area contributed by atoms with Gasteiger partial charge in [0.25, 0.3) is 0 Å². The van der Waals surface area contributed by atoms with Gasteiger partial charge in [-0.15, -0.1) is 0 Å². The molecule has 0 saturated heterocycles. The molecule has 4 aromatic rings. The zero-order valence-electron chi connectivity index (χ0n) is 20.3. The minimum atomic E-state index is -0.501. The molecule has 0 spiro atoms. The maximum atomic E-state index is 14.4. The standard InChI is InChI=1S/C35H25NO/c36-22-23-16-18-26(19-17-23)32-28-20-21-29-33(35(29,32)34(37)27-14-8-3-9-15-27)31(28)30(24-10-4-1-5-11-24)25-12-6-2-7-13-25/h1-21,28-29,32-33H/t28?,29?,32-,33?,35?/m0/s1. The molecule has 0 aromatic heterocycles. The number of hydrogen-bond donors (Lipinski definition) is 0. The van der Waals surface area contributed by atoms with Crippen LogP contribution in [0.5, 0.6) is 0 Å². The Hall–Kier alpha value is -4.48. The van der Waals surface area contributed by atoms with Crippen LogP contribution in [0.4, 0.5) is 0 Å². The van der Waals surface area contributed by atoms with Gasteiger partial charge in [0.15, 0.2) is 5.78 Å². The maximum Gasteiger partial charge on any atom is 0.170 e. The van der Waals surface area contributed by atoms with E-state index in [9.17, 15) is 10.1 Å². The smallest absolute Gasteiger partial charge is 0.170 e. The summed E-state index contributed by atoms with van der Waals surface area (Å²) >= 11 is 0. The number of nitrogens with zero attached hydrogens (tertiary/aromatic N) is 1. The molecule has 2 nitrogen and oxygen atoms in total. The second-order valence-corrected chi connectivity index (χ2v) is 10.3. The molecule has 2 heteroatoms. The Labute approximate surface area is 217 Å². The first-order chi connectivity index (χ1) is 18.2. The number of rotatable bonds is 5. The molecular formula is C35H25NO. The van der Waals surface area contributed by atoms with Gasteiger partial charge in [0, 0.05) is 23.3 Å². The van der Waals surface area contributed by atoms with Gasteiger partial charge in [-0.3, -0.25) is 4.79 Å². The van der Waals surface area contributed by atoms with Crippen LogP contribution in [0.15, 0.2) is 133 Å². The predicted octanol–water partition coefficient (Wildman–Crippen LogP) is 7.46. The number of ketones is 1. The lowest BCUT2D eigenvalue weighted by Crippen LogP contribution is -2.30. The first kappa shape index (κ1) is 21.8. The Kier molecular flexibility index (Phi) is 4.88. The van der Waals surface area contributed by atoms with Crippen LogP contribution < -0.4 is 0 Å². The van der Waals surface area contributed by atoms with Crippen LogP contribution in [0.1, 0.15) is 38.5 Å². The van der Waals surface area contributed by atoms with E-state index in [1.54, 1.807) is 0 Å². The average Bonchev–Trinajstić information content (AvgIpc) is 3.59. The molecule has 4 bridgehead atoms. The predicted molar refractivity (Wildman–Crippen MR) is 146 cm³/mol. The second-order valence-electron chi connectivity index (χ2n) is 10.3. The van der Waals surface area contributed by atoms with E-state index in [1.807, 2.05) is 42.5 Å². The van der Waals surface area contributed by atoms with Crippen LogP contribution in [0, 0.1) is 34.5 Å². The van der Waals surface area contributed by atoms with Crippen LogP contribution in [0.2, 0.25) is 0 Å². The van der Waals surface area contributed by atoms with Gasteiger partial charge in [-0.1, -0.05) is 115 Å². The molecule has 176 valence electrons. The van der Waals surface area contributed by atoms with Crippen LogP contribution in [-0.4, -0.2) is 5.78 Å². The molecule has 5 atom stereocenters. The van der Waals surface area contributed by atoms with Crippen molar-refractivity contribution >= 4 is 11.4 Å². The van der Waals surface area contributed by atoms with E-state index in [0.29, 0.717) is 5.56 Å². The number of allylic oxidation sites excluding steroid dienone is 3. The minimum Gasteiger partial charge on any atom is -0.293 e. The Balaban J connectivity index is 1.49. The Bertz CT molecular complexity index is 1550. The summed E-state index contributed by atoms with van der Waals surface area (Å²) in [5.41, 5.74) is 7.08. The van der Waals surface area contributed by atoms with Gasteiger partial charge in [0.1, 0.15) is 0 Å². The van der Waals surface area contributed by atoms with Crippen molar-refractivity contribution in [3.63, 3.8) is 0 Å². The fourth-order valence-corrected chi connectivity index (χ4v) is 7.25. The molecule has 0 amide bonds. The number of benzene rings is 4. The molecule has 4 unspecified atom stereocenters. The molecular weight excluding hydrogens is 450 g/mol. The van der Waals surface area contributed by atoms with Crippen LogP contribution in [0.25, 0.3) is 5.57 Å². The van der Waals surface area contributed by atoms with Crippen molar-refractivity contribution in [1.82, 2.24) is 0 Å². The molecule has 0 N–H and O–H groups in total. The third-order valence-electron chi connectivity index (χ3n) is 8.65. The summed E-state index contributed by atoms with van der Waals surface area (Å²) in [5, 5.41) is 9.39. The third kappa shape index (κ3) is 3.07. The van der Waals surface area contributed by atoms with Gasteiger partial charge in [-0.2, -0.15) is 5.26 Å². The molecule has 4 aliphatic rings. The molecule has 2 fully saturated rings. The first-order valence-electron chi connectivity index (χ1n) is 12.9. The van der Waals surface area contributed by atoms with E-state index in [-0.39, 0.29) is 29.5 Å². The van der Waals surface area contributed by atoms with Gasteiger partial charge < -0.3 is 0 Å². The van der Waals surface area contributed by atoms with E-state index in [2.05, 4.69) is 91.0 Å². The zero-order valence-corrected chi connectivity index (χ0v) is 20.3. The lowest BCUT2D eigenvalue weighted by atomic mass is 9.68. The van der Waals surface area contributed by atoms with Crippen LogP contribution in [-0.2, 0) is 0 Å². The highest BCUT2D eigenvalue weighted by atomic mass is 16.1. The fraction of sp³-hybridized carbons (Fsp3) is 0.143. The third-order valence-corrected chi connectivity index (χ3v) is 8.65. The molecule has 0 radical (unpaired) electrons. The summed E-state index contributed by atoms with van der Waals surface area (Å²) < 4.78 is 0. The van der Waals surface area contributed by atoms with Crippen LogP contribution >= 0.6 is 0 Å². The number of carbonyl (C=O) groups is 1. The molecule has 37 heavy (non-hydrogen) atoms. The first-order valence-corrected chi connectivity index (χ1v) is 12.9. The van der Waals surface area contributed by atoms with Crippen molar-refractivity contribution in [2.24, 2.45) is 23.2 Å². The zero-order chi connectivity index (χ0) is 25.0. The SMILES string of the molecule is N#Cc1ccc([C@H]2C3C=CC4C(C3=C(c3ccccc3)c3ccccc3)C42C(=O)c2ccccc2)cc1. The summed E-state index contributed by atoms with van der Waals surface area (Å²) in [7, 11) is 0. The van der Waals surface area contributed by atoms with Crippen molar-refractivity contribution in [1.29, 1.82) is 5.26 Å². The van der Waals surface area contributed by atoms with E-state index in [4.69, 9.17) is 0 Å². The summed E-state index contributed by atoms with van der Waals surface area (Å²) in [6.07, 6.45) is 4.64. The van der Waals surface area contributed by atoms with Crippen LogP contribution in [0.3, 0.4) is 0 Å². The van der Waals surface area contributed by atoms with Gasteiger partial charge >= 0.3 is 0 Å². The van der Waals surface area contributed by atoms with E-state index < -0.39 is 5.41 Å².